The molecular weight excluding hydrogens is 761 g/mol. The summed E-state index contributed by atoms with van der Waals surface area (Å²) in [6, 6.07) is 81.8. The second kappa shape index (κ2) is 16.6. The first-order chi connectivity index (χ1) is 31.2. The number of benzene rings is 10. The van der Waals surface area contributed by atoms with Crippen molar-refractivity contribution in [2.45, 2.75) is 26.2 Å². The van der Waals surface area contributed by atoms with E-state index in [4.69, 9.17) is 4.98 Å². The molecule has 0 N–H and O–H groups in total. The molecule has 0 aliphatic carbocycles. The molecule has 11 rings (SSSR count). The minimum Gasteiger partial charge on any atom is -0.292 e. The summed E-state index contributed by atoms with van der Waals surface area (Å²) in [5, 5.41) is 5.01. The lowest BCUT2D eigenvalue weighted by Gasteiger charge is -2.20. The molecule has 0 saturated carbocycles. The molecule has 0 saturated heterocycles. The second-order valence-corrected chi connectivity index (χ2v) is 16.6. The monoisotopic (exact) mass is 806 g/mol. The Morgan fingerprint density at radius 3 is 1.30 bits per heavy atom. The Hall–Kier alpha value is -7.81. The van der Waals surface area contributed by atoms with Crippen molar-refractivity contribution < 1.29 is 0 Å². The highest BCUT2D eigenvalue weighted by Gasteiger charge is 2.19. The highest BCUT2D eigenvalue weighted by molar-refractivity contribution is 6.22. The summed E-state index contributed by atoms with van der Waals surface area (Å²) in [7, 11) is 0. The summed E-state index contributed by atoms with van der Waals surface area (Å²) in [5.74, 6) is 0.937. The first kappa shape index (κ1) is 38.1. The minimum absolute atomic E-state index is 0.937. The number of aryl methyl sites for hydroxylation is 1. The third-order valence-corrected chi connectivity index (χ3v) is 12.6. The van der Waals surface area contributed by atoms with Gasteiger partial charge in [0, 0.05) is 11.3 Å². The lowest BCUT2D eigenvalue weighted by Crippen LogP contribution is -1.97. The molecule has 2 heteroatoms. The summed E-state index contributed by atoms with van der Waals surface area (Å²) >= 11 is 0. The van der Waals surface area contributed by atoms with E-state index in [1.807, 2.05) is 0 Å². The van der Waals surface area contributed by atoms with Gasteiger partial charge in [0.05, 0.1) is 11.0 Å². The lowest BCUT2D eigenvalue weighted by atomic mass is 9.84. The maximum atomic E-state index is 5.22. The molecule has 0 aliphatic rings. The lowest BCUT2D eigenvalue weighted by molar-refractivity contribution is 0.795. The first-order valence-electron chi connectivity index (χ1n) is 22.2. The molecule has 0 atom stereocenters. The topological polar surface area (TPSA) is 17.8 Å². The van der Waals surface area contributed by atoms with E-state index in [0.29, 0.717) is 0 Å². The van der Waals surface area contributed by atoms with Crippen LogP contribution in [0.4, 0.5) is 0 Å². The molecule has 2 nitrogen and oxygen atoms in total. The molecule has 0 bridgehead atoms. The number of nitrogens with zero attached hydrogens (tertiary/aromatic N) is 2. The Labute approximate surface area is 369 Å². The van der Waals surface area contributed by atoms with Gasteiger partial charge in [-0.1, -0.05) is 201 Å². The van der Waals surface area contributed by atoms with Gasteiger partial charge < -0.3 is 0 Å². The summed E-state index contributed by atoms with van der Waals surface area (Å²) in [5.41, 5.74) is 17.8. The normalized spacial score (nSPS) is 11.4. The SMILES string of the molecule is CCCCc1ccc(-c2ccc3c(-c4ccccc4)c4cc(-c5ccc(-c6ccc7c(c6)nc(-c6ccccc6)n7-c6ccccc6)cc5)ccc4c(-c4ccccc4)c3c2)cc1. The van der Waals surface area contributed by atoms with Gasteiger partial charge in [-0.05, 0) is 132 Å². The summed E-state index contributed by atoms with van der Waals surface area (Å²) in [4.78, 5) is 5.22. The molecule has 63 heavy (non-hydrogen) atoms. The molecule has 11 aromatic rings. The van der Waals surface area contributed by atoms with Crippen LogP contribution in [0.25, 0.3) is 105 Å². The number of fused-ring (bicyclic) bond motifs is 3. The molecule has 0 radical (unpaired) electrons. The van der Waals surface area contributed by atoms with Gasteiger partial charge in [-0.2, -0.15) is 0 Å². The Balaban J connectivity index is 1.02. The molecular formula is C61H46N2. The molecule has 0 amide bonds. The highest BCUT2D eigenvalue weighted by Crippen LogP contribution is 2.46. The molecule has 0 spiro atoms. The van der Waals surface area contributed by atoms with Crippen LogP contribution >= 0.6 is 0 Å². The van der Waals surface area contributed by atoms with Gasteiger partial charge in [-0.25, -0.2) is 4.98 Å². The predicted octanol–water partition coefficient (Wildman–Crippen LogP) is 16.7. The average molecular weight is 807 g/mol. The fourth-order valence-electron chi connectivity index (χ4n) is 9.40. The molecule has 10 aromatic carbocycles. The van der Waals surface area contributed by atoms with Crippen molar-refractivity contribution in [3.63, 3.8) is 0 Å². The Morgan fingerprint density at radius 1 is 0.365 bits per heavy atom. The number of hydrogen-bond donors (Lipinski definition) is 0. The maximum Gasteiger partial charge on any atom is 0.145 e. The molecule has 300 valence electrons. The number of aromatic nitrogens is 2. The van der Waals surface area contributed by atoms with Gasteiger partial charge in [-0.15, -0.1) is 0 Å². The smallest absolute Gasteiger partial charge is 0.145 e. The van der Waals surface area contributed by atoms with Crippen LogP contribution in [0, 0.1) is 0 Å². The number of imidazole rings is 1. The van der Waals surface area contributed by atoms with Gasteiger partial charge in [0.1, 0.15) is 5.82 Å². The van der Waals surface area contributed by atoms with Crippen molar-refractivity contribution in [3.05, 3.63) is 230 Å². The van der Waals surface area contributed by atoms with Gasteiger partial charge in [0.2, 0.25) is 0 Å². The second-order valence-electron chi connectivity index (χ2n) is 16.6. The Bertz CT molecular complexity index is 3370. The van der Waals surface area contributed by atoms with Crippen molar-refractivity contribution in [1.82, 2.24) is 9.55 Å². The van der Waals surface area contributed by atoms with Gasteiger partial charge in [-0.3, -0.25) is 4.57 Å². The van der Waals surface area contributed by atoms with Crippen LogP contribution in [-0.4, -0.2) is 9.55 Å². The largest absolute Gasteiger partial charge is 0.292 e. The van der Waals surface area contributed by atoms with E-state index in [2.05, 4.69) is 236 Å². The van der Waals surface area contributed by atoms with E-state index >= 15 is 0 Å². The van der Waals surface area contributed by atoms with Crippen molar-refractivity contribution in [2.24, 2.45) is 0 Å². The standard InChI is InChI=1S/C61H46N2/c1-2-3-16-42-25-27-43(28-26-42)49-33-36-53-55(39-49)59(46-17-8-4-9-18-46)54-37-34-50(40-56(54)60(53)47-19-10-5-11-20-47)44-29-31-45(32-30-44)51-35-38-58-57(41-51)62-61(48-21-12-6-13-22-48)63(58)52-23-14-7-15-24-52/h4-15,17-41H,2-3,16H2,1H3. The number of rotatable bonds is 10. The van der Waals surface area contributed by atoms with E-state index in [0.717, 1.165) is 45.7 Å². The van der Waals surface area contributed by atoms with Gasteiger partial charge in [0.25, 0.3) is 0 Å². The van der Waals surface area contributed by atoms with Gasteiger partial charge >= 0.3 is 0 Å². The van der Waals surface area contributed by atoms with Crippen molar-refractivity contribution >= 4 is 32.6 Å². The van der Waals surface area contributed by atoms with Crippen LogP contribution < -0.4 is 0 Å². The summed E-state index contributed by atoms with van der Waals surface area (Å²) in [6.45, 7) is 2.26. The molecule has 0 unspecified atom stereocenters. The van der Waals surface area contributed by atoms with Crippen LogP contribution in [0.3, 0.4) is 0 Å². The number of para-hydroxylation sites is 1. The summed E-state index contributed by atoms with van der Waals surface area (Å²) < 4.78 is 2.26. The van der Waals surface area contributed by atoms with E-state index in [9.17, 15) is 0 Å². The zero-order valence-corrected chi connectivity index (χ0v) is 35.4. The fraction of sp³-hybridized carbons (Fsp3) is 0.0656. The maximum absolute atomic E-state index is 5.22. The van der Waals surface area contributed by atoms with Crippen LogP contribution in [0.1, 0.15) is 25.3 Å². The molecule has 1 aromatic heterocycles. The van der Waals surface area contributed by atoms with Crippen molar-refractivity contribution in [2.75, 3.05) is 0 Å². The molecule has 0 aliphatic heterocycles. The van der Waals surface area contributed by atoms with E-state index < -0.39 is 0 Å². The third-order valence-electron chi connectivity index (χ3n) is 12.6. The molecule has 1 heterocycles. The fourth-order valence-corrected chi connectivity index (χ4v) is 9.40. The zero-order valence-electron chi connectivity index (χ0n) is 35.4. The van der Waals surface area contributed by atoms with Crippen molar-refractivity contribution in [1.29, 1.82) is 0 Å². The van der Waals surface area contributed by atoms with Crippen molar-refractivity contribution in [3.8, 4) is 72.7 Å². The van der Waals surface area contributed by atoms with E-state index in [1.54, 1.807) is 0 Å². The highest BCUT2D eigenvalue weighted by atomic mass is 15.1. The van der Waals surface area contributed by atoms with Crippen LogP contribution in [-0.2, 0) is 6.42 Å². The van der Waals surface area contributed by atoms with Gasteiger partial charge in [0.15, 0.2) is 0 Å². The minimum atomic E-state index is 0.937. The first-order valence-corrected chi connectivity index (χ1v) is 22.2. The Kier molecular flexibility index (Phi) is 10.0. The van der Waals surface area contributed by atoms with Crippen LogP contribution in [0.5, 0.6) is 0 Å². The number of hydrogen-bond acceptors (Lipinski definition) is 1. The Morgan fingerprint density at radius 2 is 0.794 bits per heavy atom. The van der Waals surface area contributed by atoms with E-state index in [-0.39, 0.29) is 0 Å². The van der Waals surface area contributed by atoms with E-state index in [1.165, 1.54) is 84.5 Å². The third kappa shape index (κ3) is 7.20. The zero-order chi connectivity index (χ0) is 42.1. The summed E-state index contributed by atoms with van der Waals surface area (Å²) in [6.07, 6.45) is 3.55. The quantitative estimate of drug-likeness (QED) is 0.126. The van der Waals surface area contributed by atoms with Crippen LogP contribution in [0.2, 0.25) is 0 Å². The predicted molar refractivity (Wildman–Crippen MR) is 267 cm³/mol. The van der Waals surface area contributed by atoms with Crippen LogP contribution in [0.15, 0.2) is 224 Å². The molecule has 0 fully saturated rings. The average Bonchev–Trinajstić information content (AvgIpc) is 3.75. The number of unbranched alkanes of at least 4 members (excludes halogenated alkanes) is 1.